The summed E-state index contributed by atoms with van der Waals surface area (Å²) < 4.78 is 0. The van der Waals surface area contributed by atoms with Gasteiger partial charge in [-0.25, -0.2) is 0 Å². The summed E-state index contributed by atoms with van der Waals surface area (Å²) in [6.45, 7) is 7.26. The summed E-state index contributed by atoms with van der Waals surface area (Å²) in [5.74, 6) is 1.93. The highest BCUT2D eigenvalue weighted by atomic mass is 14.9. The van der Waals surface area contributed by atoms with Crippen LogP contribution < -0.4 is 5.32 Å². The smallest absolute Gasteiger partial charge is 0.00106 e. The van der Waals surface area contributed by atoms with Crippen molar-refractivity contribution in [3.05, 3.63) is 0 Å². The van der Waals surface area contributed by atoms with Crippen molar-refractivity contribution < 1.29 is 0 Å². The van der Waals surface area contributed by atoms with Crippen molar-refractivity contribution >= 4 is 0 Å². The van der Waals surface area contributed by atoms with Crippen molar-refractivity contribution in [3.8, 4) is 0 Å². The molecule has 0 aromatic rings. The monoisotopic (exact) mass is 251 g/mol. The zero-order valence-electron chi connectivity index (χ0n) is 12.6. The third-order valence-corrected chi connectivity index (χ3v) is 5.38. The molecule has 1 heteroatoms. The zero-order chi connectivity index (χ0) is 12.8. The molecule has 0 amide bonds. The number of unbranched alkanes of at least 4 members (excludes halogenated alkanes) is 1. The van der Waals surface area contributed by atoms with Crippen molar-refractivity contribution in [2.75, 3.05) is 13.1 Å². The first-order chi connectivity index (χ1) is 8.77. The number of nitrogens with one attached hydrogen (secondary N) is 1. The van der Waals surface area contributed by atoms with Crippen LogP contribution in [0, 0.1) is 17.3 Å². The molecule has 0 aromatic heterocycles. The molecule has 0 radical (unpaired) electrons. The summed E-state index contributed by atoms with van der Waals surface area (Å²) in [4.78, 5) is 0. The lowest BCUT2D eigenvalue weighted by atomic mass is 9.77. The molecule has 2 saturated carbocycles. The highest BCUT2D eigenvalue weighted by Crippen LogP contribution is 2.55. The molecule has 1 N–H and O–H groups in total. The molecular formula is C17H33N. The van der Waals surface area contributed by atoms with Crippen molar-refractivity contribution in [2.45, 2.75) is 78.1 Å². The van der Waals surface area contributed by atoms with Gasteiger partial charge in [0.2, 0.25) is 0 Å². The highest BCUT2D eigenvalue weighted by molar-refractivity contribution is 5.00. The van der Waals surface area contributed by atoms with Gasteiger partial charge in [0.05, 0.1) is 0 Å². The zero-order valence-corrected chi connectivity index (χ0v) is 12.6. The Balaban J connectivity index is 1.63. The van der Waals surface area contributed by atoms with Gasteiger partial charge in [-0.2, -0.15) is 0 Å². The molecule has 2 aliphatic rings. The van der Waals surface area contributed by atoms with Crippen LogP contribution in [0.4, 0.5) is 0 Å². The summed E-state index contributed by atoms with van der Waals surface area (Å²) >= 11 is 0. The molecule has 2 rings (SSSR count). The molecular weight excluding hydrogens is 218 g/mol. The molecule has 0 bridgehead atoms. The maximum absolute atomic E-state index is 3.79. The minimum absolute atomic E-state index is 0.741. The van der Waals surface area contributed by atoms with Crippen LogP contribution in [0.2, 0.25) is 0 Å². The Morgan fingerprint density at radius 3 is 2.50 bits per heavy atom. The van der Waals surface area contributed by atoms with Gasteiger partial charge in [-0.3, -0.25) is 0 Å². The summed E-state index contributed by atoms with van der Waals surface area (Å²) in [6, 6.07) is 0. The van der Waals surface area contributed by atoms with Crippen LogP contribution in [0.15, 0.2) is 0 Å². The van der Waals surface area contributed by atoms with Crippen molar-refractivity contribution in [1.82, 2.24) is 5.32 Å². The Bertz CT molecular complexity index is 226. The standard InChI is InChI=1S/C17H33N/c1-3-4-8-15(2)13-18-14-17(11-12-17)16-9-6-5-7-10-16/h15-16,18H,3-14H2,1-2H3. The summed E-state index contributed by atoms with van der Waals surface area (Å²) in [7, 11) is 0. The van der Waals surface area contributed by atoms with Gasteiger partial charge in [0, 0.05) is 6.54 Å². The first-order valence-electron chi connectivity index (χ1n) is 8.47. The van der Waals surface area contributed by atoms with E-state index in [1.807, 2.05) is 0 Å². The van der Waals surface area contributed by atoms with Crippen LogP contribution in [0.3, 0.4) is 0 Å². The molecule has 0 aromatic carbocycles. The minimum Gasteiger partial charge on any atom is -0.316 e. The maximum atomic E-state index is 3.79. The second-order valence-electron chi connectivity index (χ2n) is 7.08. The summed E-state index contributed by atoms with van der Waals surface area (Å²) in [6.07, 6.45) is 14.7. The Morgan fingerprint density at radius 1 is 1.17 bits per heavy atom. The van der Waals surface area contributed by atoms with E-state index >= 15 is 0 Å². The third kappa shape index (κ3) is 3.98. The van der Waals surface area contributed by atoms with Gasteiger partial charge in [0.1, 0.15) is 0 Å². The van der Waals surface area contributed by atoms with E-state index in [1.165, 1.54) is 77.3 Å². The van der Waals surface area contributed by atoms with E-state index in [0.29, 0.717) is 0 Å². The normalized spacial score (nSPS) is 25.0. The van der Waals surface area contributed by atoms with E-state index in [1.54, 1.807) is 0 Å². The Hall–Kier alpha value is -0.0400. The van der Waals surface area contributed by atoms with Gasteiger partial charge in [-0.1, -0.05) is 46.0 Å². The van der Waals surface area contributed by atoms with Crippen molar-refractivity contribution in [1.29, 1.82) is 0 Å². The summed E-state index contributed by atoms with van der Waals surface area (Å²) in [5, 5.41) is 3.79. The molecule has 0 heterocycles. The van der Waals surface area contributed by atoms with Crippen LogP contribution in [0.5, 0.6) is 0 Å². The molecule has 0 spiro atoms. The first-order valence-corrected chi connectivity index (χ1v) is 8.47. The van der Waals surface area contributed by atoms with Crippen LogP contribution in [-0.2, 0) is 0 Å². The van der Waals surface area contributed by atoms with E-state index in [0.717, 1.165) is 17.3 Å². The molecule has 0 aliphatic heterocycles. The van der Waals surface area contributed by atoms with Gasteiger partial charge in [0.25, 0.3) is 0 Å². The molecule has 18 heavy (non-hydrogen) atoms. The molecule has 106 valence electrons. The Morgan fingerprint density at radius 2 is 1.89 bits per heavy atom. The second-order valence-corrected chi connectivity index (χ2v) is 7.08. The lowest BCUT2D eigenvalue weighted by molar-refractivity contribution is 0.218. The molecule has 0 saturated heterocycles. The minimum atomic E-state index is 0.741. The van der Waals surface area contributed by atoms with E-state index < -0.39 is 0 Å². The fourth-order valence-electron chi connectivity index (χ4n) is 3.83. The largest absolute Gasteiger partial charge is 0.316 e. The topological polar surface area (TPSA) is 12.0 Å². The molecule has 1 atom stereocenters. The molecule has 2 aliphatic carbocycles. The van der Waals surface area contributed by atoms with E-state index in [-0.39, 0.29) is 0 Å². The summed E-state index contributed by atoms with van der Waals surface area (Å²) in [5.41, 5.74) is 0.741. The SMILES string of the molecule is CCCCC(C)CNCC1(C2CCCCC2)CC1. The lowest BCUT2D eigenvalue weighted by Gasteiger charge is -2.31. The number of hydrogen-bond acceptors (Lipinski definition) is 1. The lowest BCUT2D eigenvalue weighted by Crippen LogP contribution is -2.33. The maximum Gasteiger partial charge on any atom is 0.00106 e. The Labute approximate surface area is 114 Å². The van der Waals surface area contributed by atoms with Gasteiger partial charge in [-0.15, -0.1) is 0 Å². The van der Waals surface area contributed by atoms with E-state index in [2.05, 4.69) is 19.2 Å². The van der Waals surface area contributed by atoms with Gasteiger partial charge in [0.15, 0.2) is 0 Å². The first kappa shape index (κ1) is 14.4. The van der Waals surface area contributed by atoms with Gasteiger partial charge < -0.3 is 5.32 Å². The number of hydrogen-bond donors (Lipinski definition) is 1. The third-order valence-electron chi connectivity index (χ3n) is 5.38. The van der Waals surface area contributed by atoms with Crippen LogP contribution in [-0.4, -0.2) is 13.1 Å². The molecule has 1 nitrogen and oxygen atoms in total. The van der Waals surface area contributed by atoms with Crippen LogP contribution >= 0.6 is 0 Å². The number of rotatable bonds is 8. The van der Waals surface area contributed by atoms with Crippen molar-refractivity contribution in [2.24, 2.45) is 17.3 Å². The fourth-order valence-corrected chi connectivity index (χ4v) is 3.83. The highest BCUT2D eigenvalue weighted by Gasteiger charge is 2.48. The average Bonchev–Trinajstić information content (AvgIpc) is 3.19. The van der Waals surface area contributed by atoms with Crippen LogP contribution in [0.1, 0.15) is 78.1 Å². The Kier molecular flexibility index (Phi) is 5.54. The second kappa shape index (κ2) is 6.93. The average molecular weight is 251 g/mol. The van der Waals surface area contributed by atoms with Gasteiger partial charge in [-0.05, 0) is 55.9 Å². The quantitative estimate of drug-likeness (QED) is 0.655. The molecule has 1 unspecified atom stereocenters. The predicted molar refractivity (Wildman–Crippen MR) is 79.8 cm³/mol. The van der Waals surface area contributed by atoms with Crippen molar-refractivity contribution in [3.63, 3.8) is 0 Å². The molecule has 2 fully saturated rings. The van der Waals surface area contributed by atoms with E-state index in [4.69, 9.17) is 0 Å². The van der Waals surface area contributed by atoms with E-state index in [9.17, 15) is 0 Å². The predicted octanol–water partition coefficient (Wildman–Crippen LogP) is 4.76. The van der Waals surface area contributed by atoms with Crippen LogP contribution in [0.25, 0.3) is 0 Å². The fraction of sp³-hybridized carbons (Fsp3) is 1.00. The van der Waals surface area contributed by atoms with Gasteiger partial charge >= 0.3 is 0 Å².